The molecule has 0 saturated carbocycles. The van der Waals surface area contributed by atoms with Crippen LogP contribution < -0.4 is 10.5 Å². The summed E-state index contributed by atoms with van der Waals surface area (Å²) < 4.78 is 27.2. The summed E-state index contributed by atoms with van der Waals surface area (Å²) in [5.41, 5.74) is 0.690. The minimum atomic E-state index is -3.60. The monoisotopic (exact) mass is 465 g/mol. The number of aliphatic hydroxyl groups excluding tert-OH is 1. The minimum absolute atomic E-state index is 0.0233. The van der Waals surface area contributed by atoms with E-state index in [0.717, 1.165) is 4.31 Å². The average Bonchev–Trinajstić information content (AvgIpc) is 2.78. The zero-order chi connectivity index (χ0) is 23.5. The van der Waals surface area contributed by atoms with E-state index < -0.39 is 16.1 Å². The first-order valence-corrected chi connectivity index (χ1v) is 11.6. The van der Waals surface area contributed by atoms with Gasteiger partial charge in [0, 0.05) is 58.8 Å². The van der Waals surface area contributed by atoms with Crippen LogP contribution in [0.15, 0.2) is 40.2 Å². The molecule has 1 amide bonds. The molecule has 1 fully saturated rings. The van der Waals surface area contributed by atoms with Gasteiger partial charge >= 0.3 is 6.09 Å². The van der Waals surface area contributed by atoms with Gasteiger partial charge in [0.2, 0.25) is 10.0 Å². The normalized spacial score (nSPS) is 14.8. The molecule has 3 rings (SSSR count). The molecule has 0 bridgehead atoms. The van der Waals surface area contributed by atoms with Crippen LogP contribution in [0.25, 0.3) is 5.69 Å². The van der Waals surface area contributed by atoms with Gasteiger partial charge in [0.05, 0.1) is 10.6 Å². The summed E-state index contributed by atoms with van der Waals surface area (Å²) in [6, 6.07) is 5.99. The number of sulfonamides is 1. The Labute approximate surface area is 186 Å². The van der Waals surface area contributed by atoms with E-state index >= 15 is 0 Å². The number of rotatable bonds is 7. The van der Waals surface area contributed by atoms with Crippen molar-refractivity contribution in [2.75, 3.05) is 51.8 Å². The second-order valence-electron chi connectivity index (χ2n) is 7.60. The van der Waals surface area contributed by atoms with Crippen molar-refractivity contribution in [3.05, 3.63) is 46.5 Å². The lowest BCUT2D eigenvalue weighted by Gasteiger charge is -2.33. The molecule has 2 N–H and O–H groups in total. The van der Waals surface area contributed by atoms with Crippen LogP contribution in [0, 0.1) is 0 Å². The van der Waals surface area contributed by atoms with Crippen LogP contribution in [0.1, 0.15) is 12.1 Å². The number of benzene rings is 1. The number of piperazine rings is 1. The Balaban J connectivity index is 1.99. The number of hydrogen-bond donors (Lipinski definition) is 2. The maximum Gasteiger partial charge on any atom is 0.407 e. The van der Waals surface area contributed by atoms with Gasteiger partial charge in [0.15, 0.2) is 5.82 Å². The van der Waals surface area contributed by atoms with E-state index in [4.69, 9.17) is 5.11 Å². The molecule has 0 aliphatic carbocycles. The largest absolute Gasteiger partial charge is 0.465 e. The number of aromatic nitrogens is 2. The SMILES string of the molecule is CN(C)S(=O)(=O)c1ccc(-n2cc(CCCO)nc(N3CCN(C(=O)O)CC3)c2=O)cc1. The van der Waals surface area contributed by atoms with Gasteiger partial charge in [0.25, 0.3) is 5.56 Å². The third-order valence-electron chi connectivity index (χ3n) is 5.27. The maximum atomic E-state index is 13.3. The van der Waals surface area contributed by atoms with Crippen LogP contribution in [0.2, 0.25) is 0 Å². The molecule has 12 heteroatoms. The van der Waals surface area contributed by atoms with Gasteiger partial charge in [-0.15, -0.1) is 0 Å². The molecule has 1 aliphatic rings. The first kappa shape index (κ1) is 23.7. The summed E-state index contributed by atoms with van der Waals surface area (Å²) in [7, 11) is -0.709. The Hall–Kier alpha value is -2.96. The van der Waals surface area contributed by atoms with E-state index in [1.54, 1.807) is 23.2 Å². The zero-order valence-corrected chi connectivity index (χ0v) is 18.8. The van der Waals surface area contributed by atoms with E-state index in [9.17, 15) is 23.1 Å². The van der Waals surface area contributed by atoms with Crippen molar-refractivity contribution in [3.63, 3.8) is 0 Å². The highest BCUT2D eigenvalue weighted by atomic mass is 32.2. The van der Waals surface area contributed by atoms with Crippen LogP contribution in [0.3, 0.4) is 0 Å². The topological polar surface area (TPSA) is 136 Å². The molecule has 2 aromatic rings. The average molecular weight is 466 g/mol. The fraction of sp³-hybridized carbons (Fsp3) is 0.450. The zero-order valence-electron chi connectivity index (χ0n) is 18.0. The van der Waals surface area contributed by atoms with Crippen LogP contribution in [0.4, 0.5) is 10.6 Å². The number of carboxylic acid groups (broad SMARTS) is 1. The molecular weight excluding hydrogens is 438 g/mol. The highest BCUT2D eigenvalue weighted by Gasteiger charge is 2.24. The standard InChI is InChI=1S/C20H27N5O6S/c1-22(2)32(30,31)17-7-5-16(6-8-17)25-14-15(4-3-13-26)21-18(19(25)27)23-9-11-24(12-10-23)20(28)29/h5-8,14,26H,3-4,9-13H2,1-2H3,(H,28,29). The number of amides is 1. The lowest BCUT2D eigenvalue weighted by Crippen LogP contribution is -2.50. The van der Waals surface area contributed by atoms with Crippen molar-refractivity contribution in [2.45, 2.75) is 17.7 Å². The summed E-state index contributed by atoms with van der Waals surface area (Å²) in [4.78, 5) is 32.1. The highest BCUT2D eigenvalue weighted by Crippen LogP contribution is 2.18. The Morgan fingerprint density at radius 1 is 1.12 bits per heavy atom. The first-order valence-electron chi connectivity index (χ1n) is 10.1. The molecule has 0 radical (unpaired) electrons. The highest BCUT2D eigenvalue weighted by molar-refractivity contribution is 7.89. The number of anilines is 1. The lowest BCUT2D eigenvalue weighted by atomic mass is 10.2. The quantitative estimate of drug-likeness (QED) is 0.592. The second kappa shape index (κ2) is 9.67. The molecule has 32 heavy (non-hydrogen) atoms. The van der Waals surface area contributed by atoms with Crippen molar-refractivity contribution in [1.29, 1.82) is 0 Å². The van der Waals surface area contributed by atoms with Gasteiger partial charge in [-0.2, -0.15) is 0 Å². The van der Waals surface area contributed by atoms with Gasteiger partial charge in [-0.05, 0) is 37.1 Å². The lowest BCUT2D eigenvalue weighted by molar-refractivity contribution is 0.142. The summed E-state index contributed by atoms with van der Waals surface area (Å²) in [6.07, 6.45) is 1.51. The molecule has 0 spiro atoms. The summed E-state index contributed by atoms with van der Waals surface area (Å²) >= 11 is 0. The molecule has 1 saturated heterocycles. The number of nitrogens with zero attached hydrogens (tertiary/aromatic N) is 5. The minimum Gasteiger partial charge on any atom is -0.465 e. The van der Waals surface area contributed by atoms with Gasteiger partial charge in [-0.25, -0.2) is 22.5 Å². The van der Waals surface area contributed by atoms with Gasteiger partial charge in [-0.3, -0.25) is 9.36 Å². The summed E-state index contributed by atoms with van der Waals surface area (Å²) in [5.74, 6) is 0.204. The predicted octanol–water partition coefficient (Wildman–Crippen LogP) is 0.208. The van der Waals surface area contributed by atoms with Crippen LogP contribution in [-0.2, 0) is 16.4 Å². The molecule has 174 valence electrons. The number of aliphatic hydroxyl groups is 1. The predicted molar refractivity (Wildman–Crippen MR) is 118 cm³/mol. The molecule has 0 atom stereocenters. The van der Waals surface area contributed by atoms with E-state index in [1.165, 1.54) is 35.7 Å². The molecule has 2 heterocycles. The van der Waals surface area contributed by atoms with Gasteiger partial charge in [-0.1, -0.05) is 0 Å². The van der Waals surface area contributed by atoms with Crippen LogP contribution >= 0.6 is 0 Å². The summed E-state index contributed by atoms with van der Waals surface area (Å²) in [5, 5.41) is 18.3. The van der Waals surface area contributed by atoms with Crippen molar-refractivity contribution in [2.24, 2.45) is 0 Å². The molecule has 11 nitrogen and oxygen atoms in total. The molecular formula is C20H27N5O6S. The molecule has 1 aliphatic heterocycles. The number of carbonyl (C=O) groups is 1. The number of aryl methyl sites for hydroxylation is 1. The summed E-state index contributed by atoms with van der Waals surface area (Å²) in [6.45, 7) is 1.16. The molecule has 1 aromatic carbocycles. The Kier molecular flexibility index (Phi) is 7.16. The van der Waals surface area contributed by atoms with E-state index in [2.05, 4.69) is 4.98 Å². The van der Waals surface area contributed by atoms with Crippen molar-refractivity contribution in [3.8, 4) is 5.69 Å². The third kappa shape index (κ3) is 4.92. The van der Waals surface area contributed by atoms with E-state index in [1.807, 2.05) is 0 Å². The third-order valence-corrected chi connectivity index (χ3v) is 7.10. The van der Waals surface area contributed by atoms with Gasteiger partial charge < -0.3 is 20.0 Å². The molecule has 0 unspecified atom stereocenters. The maximum absolute atomic E-state index is 13.3. The van der Waals surface area contributed by atoms with Crippen molar-refractivity contribution < 1.29 is 23.4 Å². The van der Waals surface area contributed by atoms with Gasteiger partial charge in [0.1, 0.15) is 0 Å². The van der Waals surface area contributed by atoms with Crippen molar-refractivity contribution in [1.82, 2.24) is 18.8 Å². The first-order chi connectivity index (χ1) is 15.1. The van der Waals surface area contributed by atoms with Crippen LogP contribution in [0.5, 0.6) is 0 Å². The number of hydrogen-bond acceptors (Lipinski definition) is 7. The fourth-order valence-corrected chi connectivity index (χ4v) is 4.31. The second-order valence-corrected chi connectivity index (χ2v) is 9.75. The van der Waals surface area contributed by atoms with E-state index in [0.29, 0.717) is 37.3 Å². The Bertz CT molecular complexity index is 1120. The smallest absolute Gasteiger partial charge is 0.407 e. The Morgan fingerprint density at radius 2 is 1.75 bits per heavy atom. The van der Waals surface area contributed by atoms with Crippen molar-refractivity contribution >= 4 is 21.9 Å². The van der Waals surface area contributed by atoms with E-state index in [-0.39, 0.29) is 36.0 Å². The van der Waals surface area contributed by atoms with Crippen LogP contribution in [-0.4, -0.2) is 90.4 Å². The Morgan fingerprint density at radius 3 is 2.28 bits per heavy atom. The fourth-order valence-electron chi connectivity index (χ4n) is 3.41. The molecule has 1 aromatic heterocycles.